The number of amides is 1. The minimum Gasteiger partial charge on any atom is -0.338 e. The number of aromatic nitrogens is 2. The first-order valence-electron chi connectivity index (χ1n) is 8.71. The van der Waals surface area contributed by atoms with Crippen LogP contribution < -0.4 is 0 Å². The Bertz CT molecular complexity index is 885. The van der Waals surface area contributed by atoms with Crippen LogP contribution in [0.2, 0.25) is 0 Å². The molecule has 0 atom stereocenters. The molecule has 26 heavy (non-hydrogen) atoms. The lowest BCUT2D eigenvalue weighted by Crippen LogP contribution is -2.43. The Morgan fingerprint density at radius 2 is 1.96 bits per heavy atom. The van der Waals surface area contributed by atoms with Crippen LogP contribution in [-0.2, 0) is 0 Å². The van der Waals surface area contributed by atoms with E-state index in [4.69, 9.17) is 6.57 Å². The van der Waals surface area contributed by atoms with Gasteiger partial charge in [-0.25, -0.2) is 18.3 Å². The second-order valence-corrected chi connectivity index (χ2v) is 6.92. The third kappa shape index (κ3) is 3.19. The molecule has 7 heteroatoms. The van der Waals surface area contributed by atoms with Gasteiger partial charge in [-0.05, 0) is 25.0 Å². The van der Waals surface area contributed by atoms with Crippen LogP contribution in [0.25, 0.3) is 10.5 Å². The number of hydrogen-bond donors (Lipinski definition) is 0. The van der Waals surface area contributed by atoms with Crippen LogP contribution >= 0.6 is 0 Å². The second kappa shape index (κ2) is 6.20. The SMILES string of the molecule is [C-]#[N+]c1ccc(C(=O)N2CCC(F)(F)CC2)c(-n2ccc(C3CC3)n2)c1. The Morgan fingerprint density at radius 3 is 2.62 bits per heavy atom. The van der Waals surface area contributed by atoms with Gasteiger partial charge in [-0.3, -0.25) is 4.79 Å². The largest absolute Gasteiger partial charge is 0.338 e. The molecule has 1 saturated carbocycles. The number of halogens is 2. The number of hydrogen-bond acceptors (Lipinski definition) is 2. The maximum absolute atomic E-state index is 13.4. The first-order valence-corrected chi connectivity index (χ1v) is 8.71. The van der Waals surface area contributed by atoms with Crippen LogP contribution in [0.3, 0.4) is 0 Å². The van der Waals surface area contributed by atoms with E-state index in [1.165, 1.54) is 4.90 Å². The lowest BCUT2D eigenvalue weighted by atomic mass is 10.0. The van der Waals surface area contributed by atoms with E-state index in [0.29, 0.717) is 22.9 Å². The summed E-state index contributed by atoms with van der Waals surface area (Å²) >= 11 is 0. The Morgan fingerprint density at radius 1 is 1.23 bits per heavy atom. The van der Waals surface area contributed by atoms with Crippen molar-refractivity contribution in [2.45, 2.75) is 37.5 Å². The van der Waals surface area contributed by atoms with Crippen LogP contribution in [0.4, 0.5) is 14.5 Å². The van der Waals surface area contributed by atoms with Gasteiger partial charge >= 0.3 is 0 Å². The summed E-state index contributed by atoms with van der Waals surface area (Å²) < 4.78 is 28.4. The molecule has 0 radical (unpaired) electrons. The van der Waals surface area contributed by atoms with Crippen LogP contribution in [0, 0.1) is 6.57 Å². The van der Waals surface area contributed by atoms with E-state index in [2.05, 4.69) is 9.94 Å². The van der Waals surface area contributed by atoms with Gasteiger partial charge in [-0.1, -0.05) is 12.1 Å². The van der Waals surface area contributed by atoms with E-state index < -0.39 is 5.92 Å². The Hall–Kier alpha value is -2.75. The van der Waals surface area contributed by atoms with Gasteiger partial charge in [-0.2, -0.15) is 5.10 Å². The van der Waals surface area contributed by atoms with Gasteiger partial charge in [0.05, 0.1) is 23.5 Å². The molecule has 134 valence electrons. The first-order chi connectivity index (χ1) is 12.5. The molecule has 1 aromatic carbocycles. The molecular formula is C19H18F2N4O. The van der Waals surface area contributed by atoms with Gasteiger partial charge < -0.3 is 4.90 Å². The highest BCUT2D eigenvalue weighted by Crippen LogP contribution is 2.39. The normalized spacial score (nSPS) is 19.2. The first kappa shape index (κ1) is 16.7. The highest BCUT2D eigenvalue weighted by Gasteiger charge is 2.36. The molecule has 5 nitrogen and oxygen atoms in total. The highest BCUT2D eigenvalue weighted by molar-refractivity contribution is 5.98. The highest BCUT2D eigenvalue weighted by atomic mass is 19.3. The van der Waals surface area contributed by atoms with E-state index in [1.54, 1.807) is 29.1 Å². The second-order valence-electron chi connectivity index (χ2n) is 6.92. The molecule has 1 aliphatic carbocycles. The molecule has 0 unspecified atom stereocenters. The molecule has 2 aromatic rings. The van der Waals surface area contributed by atoms with E-state index in [0.717, 1.165) is 18.5 Å². The minimum atomic E-state index is -2.70. The zero-order valence-corrected chi connectivity index (χ0v) is 14.2. The summed E-state index contributed by atoms with van der Waals surface area (Å²) in [6, 6.07) is 6.73. The summed E-state index contributed by atoms with van der Waals surface area (Å²) in [5.41, 5.74) is 2.29. The fourth-order valence-electron chi connectivity index (χ4n) is 3.24. The van der Waals surface area contributed by atoms with Crippen molar-refractivity contribution in [3.05, 3.63) is 53.1 Å². The molecule has 0 bridgehead atoms. The van der Waals surface area contributed by atoms with E-state index in [9.17, 15) is 13.6 Å². The van der Waals surface area contributed by atoms with Crippen LogP contribution in [0.15, 0.2) is 30.5 Å². The lowest BCUT2D eigenvalue weighted by Gasteiger charge is -2.32. The molecule has 0 N–H and O–H groups in total. The maximum Gasteiger partial charge on any atom is 0.255 e. The summed E-state index contributed by atoms with van der Waals surface area (Å²) in [4.78, 5) is 17.8. The van der Waals surface area contributed by atoms with Crippen molar-refractivity contribution in [3.63, 3.8) is 0 Å². The smallest absolute Gasteiger partial charge is 0.255 e. The monoisotopic (exact) mass is 356 g/mol. The van der Waals surface area contributed by atoms with Crippen molar-refractivity contribution < 1.29 is 13.6 Å². The maximum atomic E-state index is 13.4. The van der Waals surface area contributed by atoms with Gasteiger partial charge in [0.1, 0.15) is 0 Å². The molecular weight excluding hydrogens is 338 g/mol. The Labute approximate surface area is 150 Å². The quantitative estimate of drug-likeness (QED) is 0.775. The summed E-state index contributed by atoms with van der Waals surface area (Å²) in [6.07, 6.45) is 3.39. The Balaban J connectivity index is 1.67. The van der Waals surface area contributed by atoms with Crippen molar-refractivity contribution in [3.8, 4) is 5.69 Å². The van der Waals surface area contributed by atoms with Gasteiger partial charge in [0, 0.05) is 38.0 Å². The third-order valence-corrected chi connectivity index (χ3v) is 4.98. The predicted octanol–water partition coefficient (Wildman–Crippen LogP) is 4.17. The topological polar surface area (TPSA) is 42.5 Å². The summed E-state index contributed by atoms with van der Waals surface area (Å²) in [5, 5.41) is 4.55. The van der Waals surface area contributed by atoms with E-state index in [1.807, 2.05) is 6.07 Å². The molecule has 2 heterocycles. The number of alkyl halides is 2. The molecule has 1 amide bonds. The molecule has 1 aliphatic heterocycles. The van der Waals surface area contributed by atoms with Crippen molar-refractivity contribution in [1.82, 2.24) is 14.7 Å². The minimum absolute atomic E-state index is 0.0300. The molecule has 4 rings (SSSR count). The van der Waals surface area contributed by atoms with Crippen molar-refractivity contribution in [2.75, 3.05) is 13.1 Å². The summed E-state index contributed by atoms with van der Waals surface area (Å²) in [6.45, 7) is 7.28. The number of carbonyl (C=O) groups excluding carboxylic acids is 1. The molecule has 2 fully saturated rings. The number of benzene rings is 1. The zero-order valence-electron chi connectivity index (χ0n) is 14.2. The standard InChI is InChI=1S/C19H18F2N4O/c1-22-14-4-5-15(18(26)24-10-7-19(20,21)8-11-24)17(12-14)25-9-6-16(23-25)13-2-3-13/h4-6,9,12-13H,2-3,7-8,10-11H2. The van der Waals surface area contributed by atoms with Gasteiger partial charge in [0.15, 0.2) is 5.69 Å². The number of piperidine rings is 1. The Kier molecular flexibility index (Phi) is 3.98. The van der Waals surface area contributed by atoms with E-state index >= 15 is 0 Å². The molecule has 1 aromatic heterocycles. The van der Waals surface area contributed by atoms with E-state index in [-0.39, 0.29) is 31.8 Å². The van der Waals surface area contributed by atoms with Crippen LogP contribution in [0.1, 0.15) is 47.7 Å². The zero-order chi connectivity index (χ0) is 18.3. The fraction of sp³-hybridized carbons (Fsp3) is 0.421. The van der Waals surface area contributed by atoms with Crippen molar-refractivity contribution in [1.29, 1.82) is 0 Å². The predicted molar refractivity (Wildman–Crippen MR) is 91.9 cm³/mol. The lowest BCUT2D eigenvalue weighted by molar-refractivity contribution is -0.0494. The van der Waals surface area contributed by atoms with Gasteiger partial charge in [0.2, 0.25) is 0 Å². The van der Waals surface area contributed by atoms with Crippen LogP contribution in [-0.4, -0.2) is 39.6 Å². The average Bonchev–Trinajstić information content (AvgIpc) is 3.37. The molecule has 0 spiro atoms. The number of rotatable bonds is 3. The average molecular weight is 356 g/mol. The molecule has 2 aliphatic rings. The number of carbonyl (C=O) groups is 1. The van der Waals surface area contributed by atoms with Crippen LogP contribution in [0.5, 0.6) is 0 Å². The van der Waals surface area contributed by atoms with Crippen molar-refractivity contribution >= 4 is 11.6 Å². The van der Waals surface area contributed by atoms with Gasteiger partial charge in [-0.15, -0.1) is 0 Å². The summed E-state index contributed by atoms with van der Waals surface area (Å²) in [7, 11) is 0. The number of nitrogens with zero attached hydrogens (tertiary/aromatic N) is 4. The number of likely N-dealkylation sites (tertiary alicyclic amines) is 1. The van der Waals surface area contributed by atoms with Crippen molar-refractivity contribution in [2.24, 2.45) is 0 Å². The molecule has 1 saturated heterocycles. The fourth-order valence-corrected chi connectivity index (χ4v) is 3.24. The summed E-state index contributed by atoms with van der Waals surface area (Å²) in [5.74, 6) is -2.52. The van der Waals surface area contributed by atoms with Gasteiger partial charge in [0.25, 0.3) is 11.8 Å². The third-order valence-electron chi connectivity index (χ3n) is 4.98.